The monoisotopic (exact) mass is 398 g/mol. The highest BCUT2D eigenvalue weighted by Crippen LogP contribution is 2.27. The number of aliphatic imine (C=N–C) groups is 1. The summed E-state index contributed by atoms with van der Waals surface area (Å²) in [6.07, 6.45) is 5.67. The second kappa shape index (κ2) is 9.62. The van der Waals surface area contributed by atoms with Crippen molar-refractivity contribution in [1.29, 1.82) is 0 Å². The average molecular weight is 399 g/mol. The molecule has 1 aromatic carbocycles. The molecule has 6 nitrogen and oxygen atoms in total. The van der Waals surface area contributed by atoms with Crippen molar-refractivity contribution in [3.8, 4) is 0 Å². The zero-order chi connectivity index (χ0) is 19.2. The largest absolute Gasteiger partial charge is 0.355 e. The Morgan fingerprint density at radius 1 is 1.27 bits per heavy atom. The van der Waals surface area contributed by atoms with Crippen molar-refractivity contribution >= 4 is 27.7 Å². The van der Waals surface area contributed by atoms with Gasteiger partial charge in [0.15, 0.2) is 5.96 Å². The Morgan fingerprint density at radius 2 is 2.04 bits per heavy atom. The molecule has 2 unspecified atom stereocenters. The number of nitrogens with one attached hydrogen (secondary N) is 3. The highest BCUT2D eigenvalue weighted by atomic mass is 32.2. The van der Waals surface area contributed by atoms with Gasteiger partial charge in [-0.25, -0.2) is 13.1 Å². The highest BCUT2D eigenvalue weighted by Gasteiger charge is 2.24. The standard InChI is InChI=1S/C18H30N4O2S2/c1-13-5-6-14(2)17(11-13)26(23,24)21-10-9-20-18(19-3)22-15-7-8-16(12-15)25-4/h5-6,11,15-16,21H,7-10,12H2,1-4H3,(H2,19,20,22). The lowest BCUT2D eigenvalue weighted by molar-refractivity contribution is 0.578. The molecule has 8 heteroatoms. The molecule has 1 aromatic rings. The molecule has 2 rings (SSSR count). The second-order valence-corrected chi connectivity index (χ2v) is 9.55. The van der Waals surface area contributed by atoms with E-state index in [4.69, 9.17) is 0 Å². The molecule has 0 saturated heterocycles. The third-order valence-corrected chi connectivity index (χ3v) is 7.32. The number of guanidine groups is 1. The minimum Gasteiger partial charge on any atom is -0.355 e. The topological polar surface area (TPSA) is 82.6 Å². The molecular weight excluding hydrogens is 368 g/mol. The Bertz CT molecular complexity index is 735. The van der Waals surface area contributed by atoms with Crippen molar-refractivity contribution < 1.29 is 8.42 Å². The van der Waals surface area contributed by atoms with Crippen LogP contribution in [0.3, 0.4) is 0 Å². The number of hydrogen-bond acceptors (Lipinski definition) is 4. The number of aryl methyl sites for hydroxylation is 2. The first-order valence-electron chi connectivity index (χ1n) is 8.92. The molecule has 2 atom stereocenters. The van der Waals surface area contributed by atoms with E-state index in [-0.39, 0.29) is 0 Å². The SMILES string of the molecule is CN=C(NCCNS(=O)(=O)c1cc(C)ccc1C)NC1CCC(SC)C1. The van der Waals surface area contributed by atoms with Crippen LogP contribution in [0.2, 0.25) is 0 Å². The van der Waals surface area contributed by atoms with Crippen molar-refractivity contribution in [2.45, 2.75) is 49.3 Å². The third kappa shape index (κ3) is 5.89. The van der Waals surface area contributed by atoms with E-state index in [1.54, 1.807) is 13.1 Å². The quantitative estimate of drug-likeness (QED) is 0.372. The van der Waals surface area contributed by atoms with Gasteiger partial charge in [-0.15, -0.1) is 0 Å². The maximum atomic E-state index is 12.5. The molecule has 1 aliphatic carbocycles. The molecule has 0 radical (unpaired) electrons. The first-order valence-corrected chi connectivity index (χ1v) is 11.7. The van der Waals surface area contributed by atoms with E-state index < -0.39 is 10.0 Å². The Morgan fingerprint density at radius 3 is 2.69 bits per heavy atom. The summed E-state index contributed by atoms with van der Waals surface area (Å²) in [6, 6.07) is 5.88. The normalized spacial score (nSPS) is 21.0. The molecule has 26 heavy (non-hydrogen) atoms. The minimum absolute atomic E-state index is 0.300. The van der Waals surface area contributed by atoms with Crippen LogP contribution in [0.4, 0.5) is 0 Å². The van der Waals surface area contributed by atoms with Crippen LogP contribution in [0.1, 0.15) is 30.4 Å². The summed E-state index contributed by atoms with van der Waals surface area (Å²) >= 11 is 1.92. The highest BCUT2D eigenvalue weighted by molar-refractivity contribution is 7.99. The Kier molecular flexibility index (Phi) is 7.79. The van der Waals surface area contributed by atoms with E-state index >= 15 is 0 Å². The zero-order valence-corrected chi connectivity index (χ0v) is 17.6. The van der Waals surface area contributed by atoms with E-state index in [9.17, 15) is 8.42 Å². The van der Waals surface area contributed by atoms with E-state index in [2.05, 4.69) is 26.6 Å². The van der Waals surface area contributed by atoms with Crippen LogP contribution < -0.4 is 15.4 Å². The summed E-state index contributed by atoms with van der Waals surface area (Å²) in [4.78, 5) is 4.57. The number of thioether (sulfide) groups is 1. The van der Waals surface area contributed by atoms with Gasteiger partial charge in [0.1, 0.15) is 0 Å². The van der Waals surface area contributed by atoms with Crippen LogP contribution >= 0.6 is 11.8 Å². The van der Waals surface area contributed by atoms with E-state index in [1.807, 2.05) is 37.7 Å². The molecule has 0 bridgehead atoms. The van der Waals surface area contributed by atoms with Crippen molar-refractivity contribution in [2.24, 2.45) is 4.99 Å². The lowest BCUT2D eigenvalue weighted by Crippen LogP contribution is -2.45. The molecular formula is C18H30N4O2S2. The fraction of sp³-hybridized carbons (Fsp3) is 0.611. The van der Waals surface area contributed by atoms with Gasteiger partial charge in [0.2, 0.25) is 10.0 Å². The Hall–Kier alpha value is -1.25. The van der Waals surface area contributed by atoms with Crippen LogP contribution in [0.5, 0.6) is 0 Å². The maximum Gasteiger partial charge on any atom is 0.240 e. The fourth-order valence-electron chi connectivity index (χ4n) is 3.11. The van der Waals surface area contributed by atoms with Crippen molar-refractivity contribution in [3.05, 3.63) is 29.3 Å². The summed E-state index contributed by atoms with van der Waals surface area (Å²) in [5, 5.41) is 7.33. The predicted molar refractivity (Wildman–Crippen MR) is 111 cm³/mol. The summed E-state index contributed by atoms with van der Waals surface area (Å²) < 4.78 is 27.6. The van der Waals surface area contributed by atoms with Crippen molar-refractivity contribution in [2.75, 3.05) is 26.4 Å². The van der Waals surface area contributed by atoms with Crippen LogP contribution in [-0.2, 0) is 10.0 Å². The fourth-order valence-corrected chi connectivity index (χ4v) is 5.27. The molecule has 3 N–H and O–H groups in total. The minimum atomic E-state index is -3.50. The van der Waals surface area contributed by atoms with Gasteiger partial charge in [-0.1, -0.05) is 12.1 Å². The second-order valence-electron chi connectivity index (χ2n) is 6.68. The van der Waals surface area contributed by atoms with E-state index in [0.717, 1.165) is 35.2 Å². The smallest absolute Gasteiger partial charge is 0.240 e. The zero-order valence-electron chi connectivity index (χ0n) is 16.0. The molecule has 0 aromatic heterocycles. The Labute approximate surface area is 161 Å². The average Bonchev–Trinajstić information content (AvgIpc) is 3.07. The molecule has 146 valence electrons. The lowest BCUT2D eigenvalue weighted by atomic mass is 10.2. The van der Waals surface area contributed by atoms with Gasteiger partial charge in [-0.2, -0.15) is 11.8 Å². The van der Waals surface area contributed by atoms with Gasteiger partial charge in [-0.3, -0.25) is 4.99 Å². The summed E-state index contributed by atoms with van der Waals surface area (Å²) in [5.41, 5.74) is 1.68. The van der Waals surface area contributed by atoms with Gasteiger partial charge < -0.3 is 10.6 Å². The first-order chi connectivity index (χ1) is 12.4. The molecule has 0 aliphatic heterocycles. The number of sulfonamides is 1. The van der Waals surface area contributed by atoms with Gasteiger partial charge in [0.25, 0.3) is 0 Å². The van der Waals surface area contributed by atoms with Crippen LogP contribution in [0.15, 0.2) is 28.1 Å². The van der Waals surface area contributed by atoms with E-state index in [1.165, 1.54) is 6.42 Å². The Balaban J connectivity index is 1.80. The number of benzene rings is 1. The molecule has 1 fully saturated rings. The van der Waals surface area contributed by atoms with Gasteiger partial charge in [0.05, 0.1) is 4.90 Å². The first kappa shape index (κ1) is 21.1. The molecule has 0 spiro atoms. The van der Waals surface area contributed by atoms with Crippen LogP contribution in [0, 0.1) is 13.8 Å². The summed E-state index contributed by atoms with van der Waals surface area (Å²) in [5.74, 6) is 0.725. The third-order valence-electron chi connectivity index (χ3n) is 4.62. The van der Waals surface area contributed by atoms with Crippen LogP contribution in [-0.4, -0.2) is 52.1 Å². The molecule has 0 heterocycles. The summed E-state index contributed by atoms with van der Waals surface area (Å²) in [7, 11) is -1.77. The number of hydrogen-bond donors (Lipinski definition) is 3. The maximum absolute atomic E-state index is 12.5. The predicted octanol–water partition coefficient (Wildman–Crippen LogP) is 2.03. The molecule has 1 saturated carbocycles. The van der Waals surface area contributed by atoms with Gasteiger partial charge in [0, 0.05) is 31.4 Å². The number of rotatable bonds is 7. The molecule has 0 amide bonds. The van der Waals surface area contributed by atoms with Gasteiger partial charge in [-0.05, 0) is 56.6 Å². The van der Waals surface area contributed by atoms with E-state index in [0.29, 0.717) is 24.0 Å². The lowest BCUT2D eigenvalue weighted by Gasteiger charge is -2.17. The van der Waals surface area contributed by atoms with Crippen LogP contribution in [0.25, 0.3) is 0 Å². The summed E-state index contributed by atoms with van der Waals surface area (Å²) in [6.45, 7) is 4.47. The van der Waals surface area contributed by atoms with Gasteiger partial charge >= 0.3 is 0 Å². The number of nitrogens with zero attached hydrogens (tertiary/aromatic N) is 1. The van der Waals surface area contributed by atoms with Crippen molar-refractivity contribution in [3.63, 3.8) is 0 Å². The van der Waals surface area contributed by atoms with Crippen molar-refractivity contribution in [1.82, 2.24) is 15.4 Å². The molecule has 1 aliphatic rings.